The third kappa shape index (κ3) is 4.34. The summed E-state index contributed by atoms with van der Waals surface area (Å²) < 4.78 is 11.5. The van der Waals surface area contributed by atoms with E-state index in [4.69, 9.17) is 15.2 Å². The van der Waals surface area contributed by atoms with E-state index in [0.717, 1.165) is 28.4 Å². The van der Waals surface area contributed by atoms with Crippen LogP contribution >= 0.6 is 0 Å². The Balaban J connectivity index is 1.56. The van der Waals surface area contributed by atoms with Gasteiger partial charge in [0, 0.05) is 6.54 Å². The van der Waals surface area contributed by atoms with Crippen LogP contribution in [0.25, 0.3) is 0 Å². The summed E-state index contributed by atoms with van der Waals surface area (Å²) in [7, 11) is 0. The summed E-state index contributed by atoms with van der Waals surface area (Å²) >= 11 is 0. The molecule has 0 radical (unpaired) electrons. The van der Waals surface area contributed by atoms with Gasteiger partial charge in [-0.1, -0.05) is 42.5 Å². The molecular weight excluding hydrogens is 286 g/mol. The number of nitrogens with two attached hydrogens (primary N) is 1. The van der Waals surface area contributed by atoms with E-state index in [0.29, 0.717) is 13.2 Å². The van der Waals surface area contributed by atoms with E-state index in [9.17, 15) is 0 Å². The van der Waals surface area contributed by atoms with Gasteiger partial charge in [-0.3, -0.25) is 0 Å². The molecule has 0 bridgehead atoms. The molecule has 0 aliphatic carbocycles. The first-order chi connectivity index (χ1) is 11.3. The fourth-order valence-electron chi connectivity index (χ4n) is 2.17. The van der Waals surface area contributed by atoms with Crippen LogP contribution < -0.4 is 15.2 Å². The van der Waals surface area contributed by atoms with Crippen molar-refractivity contribution in [2.24, 2.45) is 5.73 Å². The van der Waals surface area contributed by atoms with Crippen LogP contribution in [0.3, 0.4) is 0 Å². The van der Waals surface area contributed by atoms with Crippen LogP contribution in [0.2, 0.25) is 0 Å². The lowest BCUT2D eigenvalue weighted by atomic mass is 10.1. The Bertz CT molecular complexity index is 722. The summed E-state index contributed by atoms with van der Waals surface area (Å²) in [5.41, 5.74) is 7.83. The molecule has 2 N–H and O–H groups in total. The van der Waals surface area contributed by atoms with Gasteiger partial charge in [-0.05, 0) is 47.5 Å². The zero-order valence-electron chi connectivity index (χ0n) is 12.8. The average Bonchev–Trinajstić information content (AvgIpc) is 2.62. The molecule has 0 atom stereocenters. The molecule has 3 nitrogen and oxygen atoms in total. The summed E-state index contributed by atoms with van der Waals surface area (Å²) in [6, 6.07) is 25.5. The average molecular weight is 305 g/mol. The number of ether oxygens (including phenoxy) is 2. The molecule has 23 heavy (non-hydrogen) atoms. The molecule has 116 valence electrons. The van der Waals surface area contributed by atoms with Gasteiger partial charge in [0.1, 0.15) is 23.9 Å². The van der Waals surface area contributed by atoms with E-state index in [1.165, 1.54) is 0 Å². The van der Waals surface area contributed by atoms with Crippen LogP contribution in [0.15, 0.2) is 78.9 Å². The van der Waals surface area contributed by atoms with Crippen molar-refractivity contribution in [3.63, 3.8) is 0 Å². The molecule has 3 rings (SSSR count). The van der Waals surface area contributed by atoms with Gasteiger partial charge in [0.15, 0.2) is 0 Å². The van der Waals surface area contributed by atoms with E-state index >= 15 is 0 Å². The van der Waals surface area contributed by atoms with Gasteiger partial charge < -0.3 is 15.2 Å². The van der Waals surface area contributed by atoms with Crippen molar-refractivity contribution in [1.29, 1.82) is 0 Å². The topological polar surface area (TPSA) is 44.5 Å². The van der Waals surface area contributed by atoms with Crippen LogP contribution in [-0.4, -0.2) is 0 Å². The fourth-order valence-corrected chi connectivity index (χ4v) is 2.17. The van der Waals surface area contributed by atoms with Gasteiger partial charge in [-0.15, -0.1) is 0 Å². The number of hydrogen-bond donors (Lipinski definition) is 1. The maximum atomic E-state index is 5.78. The Morgan fingerprint density at radius 3 is 1.83 bits per heavy atom. The largest absolute Gasteiger partial charge is 0.489 e. The van der Waals surface area contributed by atoms with Crippen molar-refractivity contribution in [3.05, 3.63) is 90.0 Å². The monoisotopic (exact) mass is 305 g/mol. The van der Waals surface area contributed by atoms with Crippen molar-refractivity contribution < 1.29 is 9.47 Å². The van der Waals surface area contributed by atoms with E-state index < -0.39 is 0 Å². The first kappa shape index (κ1) is 15.1. The Kier molecular flexibility index (Phi) is 4.92. The second kappa shape index (κ2) is 7.47. The van der Waals surface area contributed by atoms with Crippen LogP contribution in [0.4, 0.5) is 0 Å². The minimum absolute atomic E-state index is 0.531. The van der Waals surface area contributed by atoms with Gasteiger partial charge in [0.25, 0.3) is 0 Å². The van der Waals surface area contributed by atoms with Crippen molar-refractivity contribution in [2.75, 3.05) is 0 Å². The first-order valence-corrected chi connectivity index (χ1v) is 7.57. The molecule has 0 aliphatic heterocycles. The van der Waals surface area contributed by atoms with Crippen LogP contribution in [0.5, 0.6) is 17.2 Å². The standard InChI is InChI=1S/C20H19NO2/c21-14-16-6-8-17(9-7-16)15-22-18-10-12-20(13-11-18)23-19-4-2-1-3-5-19/h1-13H,14-15,21H2. The van der Waals surface area contributed by atoms with Crippen LogP contribution in [0.1, 0.15) is 11.1 Å². The van der Waals surface area contributed by atoms with Crippen LogP contribution in [-0.2, 0) is 13.2 Å². The van der Waals surface area contributed by atoms with Crippen molar-refractivity contribution in [2.45, 2.75) is 13.2 Å². The number of benzene rings is 3. The van der Waals surface area contributed by atoms with Crippen molar-refractivity contribution in [1.82, 2.24) is 0 Å². The highest BCUT2D eigenvalue weighted by molar-refractivity contribution is 5.35. The lowest BCUT2D eigenvalue weighted by Crippen LogP contribution is -1.98. The Morgan fingerprint density at radius 1 is 0.609 bits per heavy atom. The summed E-state index contributed by atoms with van der Waals surface area (Å²) in [5.74, 6) is 2.42. The zero-order valence-corrected chi connectivity index (χ0v) is 12.8. The van der Waals surface area contributed by atoms with Crippen molar-refractivity contribution >= 4 is 0 Å². The molecule has 0 saturated carbocycles. The molecule has 0 heterocycles. The minimum Gasteiger partial charge on any atom is -0.489 e. The number of rotatable bonds is 6. The van der Waals surface area contributed by atoms with E-state index in [-0.39, 0.29) is 0 Å². The molecule has 0 amide bonds. The minimum atomic E-state index is 0.531. The van der Waals surface area contributed by atoms with E-state index in [2.05, 4.69) is 0 Å². The SMILES string of the molecule is NCc1ccc(COc2ccc(Oc3ccccc3)cc2)cc1. The number of hydrogen-bond acceptors (Lipinski definition) is 3. The third-order valence-corrected chi connectivity index (χ3v) is 3.47. The lowest BCUT2D eigenvalue weighted by Gasteiger charge is -2.09. The molecule has 0 saturated heterocycles. The molecule has 3 aromatic rings. The zero-order chi connectivity index (χ0) is 15.9. The third-order valence-electron chi connectivity index (χ3n) is 3.47. The Hall–Kier alpha value is -2.78. The van der Waals surface area contributed by atoms with Crippen molar-refractivity contribution in [3.8, 4) is 17.2 Å². The van der Waals surface area contributed by atoms with Gasteiger partial charge in [0.05, 0.1) is 0 Å². The number of para-hydroxylation sites is 1. The van der Waals surface area contributed by atoms with E-state index in [1.807, 2.05) is 78.9 Å². The Labute approximate surface area is 136 Å². The quantitative estimate of drug-likeness (QED) is 0.728. The van der Waals surface area contributed by atoms with Gasteiger partial charge in [-0.25, -0.2) is 0 Å². The molecule has 0 fully saturated rings. The first-order valence-electron chi connectivity index (χ1n) is 7.57. The maximum Gasteiger partial charge on any atom is 0.127 e. The molecule has 0 spiro atoms. The second-order valence-electron chi connectivity index (χ2n) is 5.20. The van der Waals surface area contributed by atoms with E-state index in [1.54, 1.807) is 0 Å². The molecule has 3 aromatic carbocycles. The molecule has 3 heteroatoms. The summed E-state index contributed by atoms with van der Waals surface area (Å²) in [6.45, 7) is 1.09. The highest BCUT2D eigenvalue weighted by atomic mass is 16.5. The summed E-state index contributed by atoms with van der Waals surface area (Å²) in [4.78, 5) is 0. The summed E-state index contributed by atoms with van der Waals surface area (Å²) in [5, 5.41) is 0. The second-order valence-corrected chi connectivity index (χ2v) is 5.20. The maximum absolute atomic E-state index is 5.78. The predicted molar refractivity (Wildman–Crippen MR) is 91.6 cm³/mol. The lowest BCUT2D eigenvalue weighted by molar-refractivity contribution is 0.305. The van der Waals surface area contributed by atoms with Gasteiger partial charge in [-0.2, -0.15) is 0 Å². The highest BCUT2D eigenvalue weighted by Gasteiger charge is 1.99. The predicted octanol–water partition coefficient (Wildman–Crippen LogP) is 4.52. The summed E-state index contributed by atoms with van der Waals surface area (Å²) in [6.07, 6.45) is 0. The van der Waals surface area contributed by atoms with Gasteiger partial charge in [0.2, 0.25) is 0 Å². The van der Waals surface area contributed by atoms with Gasteiger partial charge >= 0.3 is 0 Å². The molecule has 0 unspecified atom stereocenters. The Morgan fingerprint density at radius 2 is 1.17 bits per heavy atom. The highest BCUT2D eigenvalue weighted by Crippen LogP contribution is 2.24. The fraction of sp³-hybridized carbons (Fsp3) is 0.100. The molecule has 0 aromatic heterocycles. The molecular formula is C20H19NO2. The smallest absolute Gasteiger partial charge is 0.127 e. The van der Waals surface area contributed by atoms with Crippen LogP contribution in [0, 0.1) is 0 Å². The molecule has 0 aliphatic rings. The normalized spacial score (nSPS) is 10.3.